The molecule has 2 aromatic heterocycles. The van der Waals surface area contributed by atoms with Crippen LogP contribution in [0, 0.1) is 5.92 Å². The van der Waals surface area contributed by atoms with Gasteiger partial charge in [-0.25, -0.2) is 0 Å². The summed E-state index contributed by atoms with van der Waals surface area (Å²) in [7, 11) is 0. The van der Waals surface area contributed by atoms with Gasteiger partial charge in [-0.1, -0.05) is 30.3 Å². The van der Waals surface area contributed by atoms with Crippen molar-refractivity contribution in [2.24, 2.45) is 5.92 Å². The Morgan fingerprint density at radius 1 is 1.14 bits per heavy atom. The molecule has 4 rings (SSSR count). The number of tetrazole rings is 1. The van der Waals surface area contributed by atoms with Crippen LogP contribution in [0.2, 0.25) is 0 Å². The van der Waals surface area contributed by atoms with Crippen molar-refractivity contribution in [2.45, 2.75) is 18.8 Å². The molecule has 0 bridgehead atoms. The number of amides is 1. The summed E-state index contributed by atoms with van der Waals surface area (Å²) >= 11 is 0. The van der Waals surface area contributed by atoms with E-state index in [1.165, 1.54) is 4.63 Å². The fraction of sp³-hybridized carbons (Fsp3) is 0.368. The molecule has 1 amide bonds. The smallest absolute Gasteiger partial charge is 0.312 e. The molecule has 0 spiro atoms. The van der Waals surface area contributed by atoms with Gasteiger partial charge in [0.1, 0.15) is 0 Å². The van der Waals surface area contributed by atoms with E-state index in [1.807, 2.05) is 12.1 Å². The molecular weight excluding hydrogens is 374 g/mol. The largest absolute Gasteiger partial charge is 0.481 e. The highest BCUT2D eigenvalue weighted by Crippen LogP contribution is 2.22. The van der Waals surface area contributed by atoms with Crippen molar-refractivity contribution in [2.75, 3.05) is 24.5 Å². The number of carbonyl (C=O) groups excluding carboxylic acids is 1. The standard InChI is InChI=1S/C19H21N7O3/c27-18(20-12-15(19(28)29)13-4-2-1-3-5-13)14-8-10-25(11-9-14)17-7-6-16-21-23-24-26(16)22-17/h1-7,14-15H,8-12H2,(H,20,27)(H,28,29). The van der Waals surface area contributed by atoms with E-state index in [9.17, 15) is 14.7 Å². The summed E-state index contributed by atoms with van der Waals surface area (Å²) in [5.74, 6) is -1.19. The fourth-order valence-electron chi connectivity index (χ4n) is 3.56. The Balaban J connectivity index is 1.32. The van der Waals surface area contributed by atoms with E-state index in [4.69, 9.17) is 0 Å². The summed E-state index contributed by atoms with van der Waals surface area (Å²) < 4.78 is 1.38. The van der Waals surface area contributed by atoms with Crippen molar-refractivity contribution in [1.29, 1.82) is 0 Å². The van der Waals surface area contributed by atoms with Gasteiger partial charge in [0.15, 0.2) is 11.5 Å². The molecule has 1 saturated heterocycles. The zero-order valence-corrected chi connectivity index (χ0v) is 15.7. The number of nitrogens with zero attached hydrogens (tertiary/aromatic N) is 6. The van der Waals surface area contributed by atoms with Crippen molar-refractivity contribution in [3.63, 3.8) is 0 Å². The van der Waals surface area contributed by atoms with E-state index in [0.29, 0.717) is 37.1 Å². The van der Waals surface area contributed by atoms with Gasteiger partial charge in [-0.2, -0.15) is 0 Å². The number of carboxylic acid groups (broad SMARTS) is 1. The zero-order valence-electron chi connectivity index (χ0n) is 15.7. The van der Waals surface area contributed by atoms with Crippen LogP contribution in [0.4, 0.5) is 5.82 Å². The molecule has 3 aromatic rings. The number of anilines is 1. The summed E-state index contributed by atoms with van der Waals surface area (Å²) in [4.78, 5) is 26.2. The number of aliphatic carboxylic acids is 1. The van der Waals surface area contributed by atoms with Crippen LogP contribution in [0.5, 0.6) is 0 Å². The molecule has 0 aliphatic carbocycles. The number of carbonyl (C=O) groups is 2. The molecule has 10 nitrogen and oxygen atoms in total. The maximum atomic E-state index is 12.6. The molecule has 1 aliphatic heterocycles. The summed E-state index contributed by atoms with van der Waals surface area (Å²) in [6, 6.07) is 12.6. The van der Waals surface area contributed by atoms with E-state index in [2.05, 4.69) is 30.8 Å². The SMILES string of the molecule is O=C(NCC(C(=O)O)c1ccccc1)C1CCN(c2ccc3nnnn3n2)CC1. The Bertz CT molecular complexity index is 999. The number of carboxylic acids is 1. The van der Waals surface area contributed by atoms with Crippen molar-refractivity contribution >= 4 is 23.3 Å². The second kappa shape index (κ2) is 8.21. The van der Waals surface area contributed by atoms with Gasteiger partial charge >= 0.3 is 5.97 Å². The molecule has 29 heavy (non-hydrogen) atoms. The van der Waals surface area contributed by atoms with Crippen LogP contribution in [0.3, 0.4) is 0 Å². The third-order valence-corrected chi connectivity index (χ3v) is 5.23. The van der Waals surface area contributed by atoms with Gasteiger partial charge in [0, 0.05) is 25.6 Å². The third kappa shape index (κ3) is 4.15. The topological polar surface area (TPSA) is 126 Å². The number of hydrogen-bond acceptors (Lipinski definition) is 7. The number of piperidine rings is 1. The van der Waals surface area contributed by atoms with Crippen LogP contribution in [0.25, 0.3) is 5.65 Å². The normalized spacial score (nSPS) is 15.9. The average Bonchev–Trinajstić information content (AvgIpc) is 3.22. The Labute approximate surface area is 166 Å². The second-order valence-electron chi connectivity index (χ2n) is 7.03. The molecule has 1 aliphatic rings. The minimum absolute atomic E-state index is 0.0793. The number of hydrogen-bond donors (Lipinski definition) is 2. The number of benzene rings is 1. The molecule has 10 heteroatoms. The van der Waals surface area contributed by atoms with E-state index in [-0.39, 0.29) is 18.4 Å². The van der Waals surface area contributed by atoms with Crippen molar-refractivity contribution in [3.8, 4) is 0 Å². The van der Waals surface area contributed by atoms with Crippen molar-refractivity contribution < 1.29 is 14.7 Å². The van der Waals surface area contributed by atoms with Gasteiger partial charge in [0.2, 0.25) is 5.91 Å². The highest BCUT2D eigenvalue weighted by molar-refractivity contribution is 5.81. The molecular formula is C19H21N7O3. The first kappa shape index (κ1) is 18.8. The van der Waals surface area contributed by atoms with E-state index in [1.54, 1.807) is 30.3 Å². The minimum atomic E-state index is -0.949. The van der Waals surface area contributed by atoms with Gasteiger partial charge < -0.3 is 15.3 Å². The first-order valence-electron chi connectivity index (χ1n) is 9.47. The number of fused-ring (bicyclic) bond motifs is 1. The van der Waals surface area contributed by atoms with Gasteiger partial charge in [-0.3, -0.25) is 9.59 Å². The molecule has 1 aromatic carbocycles. The van der Waals surface area contributed by atoms with Crippen LogP contribution in [-0.2, 0) is 9.59 Å². The van der Waals surface area contributed by atoms with Gasteiger partial charge in [-0.05, 0) is 41.0 Å². The molecule has 0 radical (unpaired) electrons. The molecule has 2 N–H and O–H groups in total. The van der Waals surface area contributed by atoms with E-state index >= 15 is 0 Å². The first-order valence-corrected chi connectivity index (χ1v) is 9.47. The lowest BCUT2D eigenvalue weighted by molar-refractivity contribution is -0.138. The highest BCUT2D eigenvalue weighted by atomic mass is 16.4. The number of aromatic nitrogens is 5. The maximum Gasteiger partial charge on any atom is 0.312 e. The number of nitrogens with one attached hydrogen (secondary N) is 1. The van der Waals surface area contributed by atoms with Gasteiger partial charge in [0.25, 0.3) is 0 Å². The Morgan fingerprint density at radius 3 is 2.62 bits per heavy atom. The number of rotatable bonds is 6. The molecule has 1 unspecified atom stereocenters. The minimum Gasteiger partial charge on any atom is -0.481 e. The van der Waals surface area contributed by atoms with Crippen LogP contribution < -0.4 is 10.2 Å². The summed E-state index contributed by atoms with van der Waals surface area (Å²) in [6.07, 6.45) is 1.34. The van der Waals surface area contributed by atoms with Gasteiger partial charge in [-0.15, -0.1) is 14.8 Å². The molecule has 150 valence electrons. The van der Waals surface area contributed by atoms with Crippen LogP contribution >= 0.6 is 0 Å². The van der Waals surface area contributed by atoms with Crippen LogP contribution in [-0.4, -0.2) is 61.9 Å². The van der Waals surface area contributed by atoms with Crippen molar-refractivity contribution in [3.05, 3.63) is 48.0 Å². The predicted molar refractivity (Wildman–Crippen MR) is 103 cm³/mol. The average molecular weight is 395 g/mol. The second-order valence-corrected chi connectivity index (χ2v) is 7.03. The lowest BCUT2D eigenvalue weighted by atomic mass is 9.94. The quantitative estimate of drug-likeness (QED) is 0.625. The Kier molecular flexibility index (Phi) is 5.32. The van der Waals surface area contributed by atoms with Crippen molar-refractivity contribution in [1.82, 2.24) is 30.6 Å². The Morgan fingerprint density at radius 2 is 1.90 bits per heavy atom. The fourth-order valence-corrected chi connectivity index (χ4v) is 3.56. The molecule has 1 fully saturated rings. The van der Waals surface area contributed by atoms with Crippen LogP contribution in [0.15, 0.2) is 42.5 Å². The van der Waals surface area contributed by atoms with E-state index in [0.717, 1.165) is 5.82 Å². The monoisotopic (exact) mass is 395 g/mol. The lowest BCUT2D eigenvalue weighted by Crippen LogP contribution is -2.42. The molecule has 1 atom stereocenters. The molecule has 0 saturated carbocycles. The summed E-state index contributed by atoms with van der Waals surface area (Å²) in [5, 5.41) is 27.9. The maximum absolute atomic E-state index is 12.6. The lowest BCUT2D eigenvalue weighted by Gasteiger charge is -2.32. The summed E-state index contributed by atoms with van der Waals surface area (Å²) in [5.41, 5.74) is 1.26. The summed E-state index contributed by atoms with van der Waals surface area (Å²) in [6.45, 7) is 1.44. The van der Waals surface area contributed by atoms with E-state index < -0.39 is 11.9 Å². The highest BCUT2D eigenvalue weighted by Gasteiger charge is 2.27. The third-order valence-electron chi connectivity index (χ3n) is 5.23. The van der Waals surface area contributed by atoms with Gasteiger partial charge in [0.05, 0.1) is 5.92 Å². The zero-order chi connectivity index (χ0) is 20.2. The molecule has 3 heterocycles. The van der Waals surface area contributed by atoms with Crippen LogP contribution in [0.1, 0.15) is 24.3 Å². The Hall–Kier alpha value is -3.56. The first-order chi connectivity index (χ1) is 14.1. The predicted octanol–water partition coefficient (Wildman–Crippen LogP) is 0.720.